The quantitative estimate of drug-likeness (QED) is 0.794. The van der Waals surface area contributed by atoms with Gasteiger partial charge in [-0.1, -0.05) is 0 Å². The van der Waals surface area contributed by atoms with Crippen molar-refractivity contribution in [3.63, 3.8) is 0 Å². The second-order valence-corrected chi connectivity index (χ2v) is 5.32. The molecule has 2 rings (SSSR count). The van der Waals surface area contributed by atoms with Gasteiger partial charge in [0, 0.05) is 6.07 Å². The third kappa shape index (κ3) is 1.88. The standard InChI is InChI=1S/C9H9Br2NO2/c1-9(2)4-13-8(12-9)6-3-5(10)7(11)14-6/h3H,4H2,1-2H3. The average molecular weight is 323 g/mol. The van der Waals surface area contributed by atoms with Crippen LogP contribution in [0.4, 0.5) is 0 Å². The van der Waals surface area contributed by atoms with Gasteiger partial charge in [-0.3, -0.25) is 0 Å². The molecule has 1 aliphatic heterocycles. The summed E-state index contributed by atoms with van der Waals surface area (Å²) >= 11 is 6.61. The maximum absolute atomic E-state index is 5.44. The third-order valence-corrected chi connectivity index (χ3v) is 3.53. The monoisotopic (exact) mass is 321 g/mol. The Morgan fingerprint density at radius 3 is 2.57 bits per heavy atom. The van der Waals surface area contributed by atoms with Gasteiger partial charge in [-0.15, -0.1) is 0 Å². The van der Waals surface area contributed by atoms with Crippen molar-refractivity contribution < 1.29 is 9.15 Å². The van der Waals surface area contributed by atoms with Crippen LogP contribution in [-0.4, -0.2) is 18.0 Å². The Kier molecular flexibility index (Phi) is 2.47. The Morgan fingerprint density at radius 1 is 1.43 bits per heavy atom. The highest BCUT2D eigenvalue weighted by Crippen LogP contribution is 2.29. The van der Waals surface area contributed by atoms with E-state index in [-0.39, 0.29) is 5.54 Å². The van der Waals surface area contributed by atoms with Crippen LogP contribution >= 0.6 is 31.9 Å². The van der Waals surface area contributed by atoms with Gasteiger partial charge in [0.2, 0.25) is 0 Å². The topological polar surface area (TPSA) is 34.7 Å². The highest BCUT2D eigenvalue weighted by atomic mass is 79.9. The van der Waals surface area contributed by atoms with E-state index in [0.29, 0.717) is 22.9 Å². The summed E-state index contributed by atoms with van der Waals surface area (Å²) < 4.78 is 12.4. The molecule has 0 amide bonds. The molecule has 76 valence electrons. The minimum Gasteiger partial charge on any atom is -0.473 e. The summed E-state index contributed by atoms with van der Waals surface area (Å²) in [6.07, 6.45) is 0. The lowest BCUT2D eigenvalue weighted by Crippen LogP contribution is -2.17. The molecule has 0 aliphatic carbocycles. The molecule has 0 atom stereocenters. The highest BCUT2D eigenvalue weighted by Gasteiger charge is 2.29. The predicted octanol–water partition coefficient (Wildman–Crippen LogP) is 3.36. The fourth-order valence-electron chi connectivity index (χ4n) is 1.16. The molecule has 0 bridgehead atoms. The van der Waals surface area contributed by atoms with Crippen LogP contribution in [0.25, 0.3) is 0 Å². The second-order valence-electron chi connectivity index (χ2n) is 3.75. The zero-order valence-corrected chi connectivity index (χ0v) is 11.0. The van der Waals surface area contributed by atoms with E-state index < -0.39 is 0 Å². The van der Waals surface area contributed by atoms with Crippen molar-refractivity contribution in [2.24, 2.45) is 4.99 Å². The molecule has 0 spiro atoms. The molecule has 2 heterocycles. The molecule has 0 unspecified atom stereocenters. The van der Waals surface area contributed by atoms with Crippen LogP contribution in [0.2, 0.25) is 0 Å². The molecule has 1 aromatic rings. The summed E-state index contributed by atoms with van der Waals surface area (Å²) in [4.78, 5) is 4.40. The number of nitrogens with zero attached hydrogens (tertiary/aromatic N) is 1. The lowest BCUT2D eigenvalue weighted by atomic mass is 10.1. The van der Waals surface area contributed by atoms with Gasteiger partial charge in [0.1, 0.15) is 6.61 Å². The number of furan rings is 1. The van der Waals surface area contributed by atoms with Gasteiger partial charge in [0.15, 0.2) is 10.4 Å². The SMILES string of the molecule is CC1(C)COC(c2cc(Br)c(Br)o2)=N1. The molecule has 0 fully saturated rings. The molecule has 0 saturated carbocycles. The molecule has 1 aliphatic rings. The number of hydrogen-bond acceptors (Lipinski definition) is 3. The molecule has 0 N–H and O–H groups in total. The Morgan fingerprint density at radius 2 is 2.14 bits per heavy atom. The summed E-state index contributed by atoms with van der Waals surface area (Å²) in [5, 5.41) is 0. The van der Waals surface area contributed by atoms with E-state index in [1.807, 2.05) is 19.9 Å². The highest BCUT2D eigenvalue weighted by molar-refractivity contribution is 9.13. The maximum atomic E-state index is 5.44. The Labute approximate surface area is 98.8 Å². The van der Waals surface area contributed by atoms with Crippen LogP contribution in [0.15, 0.2) is 24.6 Å². The smallest absolute Gasteiger partial charge is 0.253 e. The summed E-state index contributed by atoms with van der Waals surface area (Å²) in [7, 11) is 0. The van der Waals surface area contributed by atoms with Crippen molar-refractivity contribution in [3.8, 4) is 0 Å². The number of aliphatic imine (C=N–C) groups is 1. The van der Waals surface area contributed by atoms with Gasteiger partial charge in [-0.05, 0) is 45.7 Å². The largest absolute Gasteiger partial charge is 0.473 e. The van der Waals surface area contributed by atoms with E-state index in [0.717, 1.165) is 4.47 Å². The van der Waals surface area contributed by atoms with Crippen molar-refractivity contribution in [1.29, 1.82) is 0 Å². The Hall–Kier alpha value is -0.290. The van der Waals surface area contributed by atoms with E-state index in [1.54, 1.807) is 0 Å². The number of ether oxygens (including phenoxy) is 1. The fraction of sp³-hybridized carbons (Fsp3) is 0.444. The van der Waals surface area contributed by atoms with E-state index in [9.17, 15) is 0 Å². The number of hydrogen-bond donors (Lipinski definition) is 0. The van der Waals surface area contributed by atoms with Gasteiger partial charge in [0.05, 0.1) is 10.0 Å². The minimum absolute atomic E-state index is 0.152. The zero-order valence-electron chi connectivity index (χ0n) is 7.80. The van der Waals surface area contributed by atoms with Crippen LogP contribution in [0.3, 0.4) is 0 Å². The third-order valence-electron chi connectivity index (χ3n) is 1.82. The van der Waals surface area contributed by atoms with Crippen molar-refractivity contribution >= 4 is 37.8 Å². The summed E-state index contributed by atoms with van der Waals surface area (Å²) in [6, 6.07) is 1.84. The number of rotatable bonds is 1. The van der Waals surface area contributed by atoms with Gasteiger partial charge in [-0.25, -0.2) is 4.99 Å². The molecule has 3 nitrogen and oxygen atoms in total. The van der Waals surface area contributed by atoms with Crippen LogP contribution in [-0.2, 0) is 4.74 Å². The maximum Gasteiger partial charge on any atom is 0.253 e. The van der Waals surface area contributed by atoms with Gasteiger partial charge in [-0.2, -0.15) is 0 Å². The fourth-order valence-corrected chi connectivity index (χ4v) is 1.74. The first-order chi connectivity index (χ1) is 6.48. The summed E-state index contributed by atoms with van der Waals surface area (Å²) in [5.41, 5.74) is -0.152. The molecular weight excluding hydrogens is 314 g/mol. The van der Waals surface area contributed by atoms with Crippen LogP contribution in [0, 0.1) is 0 Å². The van der Waals surface area contributed by atoms with E-state index in [4.69, 9.17) is 9.15 Å². The van der Waals surface area contributed by atoms with Gasteiger partial charge < -0.3 is 9.15 Å². The molecule has 5 heteroatoms. The molecule has 14 heavy (non-hydrogen) atoms. The Bertz CT molecular complexity index is 376. The van der Waals surface area contributed by atoms with Crippen LogP contribution in [0.5, 0.6) is 0 Å². The van der Waals surface area contributed by atoms with E-state index >= 15 is 0 Å². The van der Waals surface area contributed by atoms with Crippen molar-refractivity contribution in [2.75, 3.05) is 6.61 Å². The van der Waals surface area contributed by atoms with Crippen LogP contribution < -0.4 is 0 Å². The Balaban J connectivity index is 2.33. The summed E-state index contributed by atoms with van der Waals surface area (Å²) in [6.45, 7) is 4.64. The number of halogens is 2. The normalized spacial score (nSPS) is 19.3. The zero-order chi connectivity index (χ0) is 10.3. The van der Waals surface area contributed by atoms with Crippen molar-refractivity contribution in [2.45, 2.75) is 19.4 Å². The van der Waals surface area contributed by atoms with Crippen LogP contribution in [0.1, 0.15) is 19.6 Å². The van der Waals surface area contributed by atoms with E-state index in [2.05, 4.69) is 36.9 Å². The average Bonchev–Trinajstić information content (AvgIpc) is 2.57. The minimum atomic E-state index is -0.152. The molecule has 0 radical (unpaired) electrons. The lowest BCUT2D eigenvalue weighted by molar-refractivity contribution is 0.275. The van der Waals surface area contributed by atoms with Gasteiger partial charge in [0.25, 0.3) is 5.90 Å². The van der Waals surface area contributed by atoms with Gasteiger partial charge >= 0.3 is 0 Å². The molecule has 1 aromatic heterocycles. The predicted molar refractivity (Wildman–Crippen MR) is 60.7 cm³/mol. The first-order valence-electron chi connectivity index (χ1n) is 4.16. The van der Waals surface area contributed by atoms with Crippen molar-refractivity contribution in [3.05, 3.63) is 21.0 Å². The lowest BCUT2D eigenvalue weighted by Gasteiger charge is -2.07. The second kappa shape index (κ2) is 3.38. The first kappa shape index (κ1) is 10.2. The summed E-state index contributed by atoms with van der Waals surface area (Å²) in [5.74, 6) is 1.22. The van der Waals surface area contributed by atoms with Crippen molar-refractivity contribution in [1.82, 2.24) is 0 Å². The van der Waals surface area contributed by atoms with E-state index in [1.165, 1.54) is 0 Å². The molecule has 0 aromatic carbocycles. The molecule has 0 saturated heterocycles. The first-order valence-corrected chi connectivity index (χ1v) is 5.74. The molecular formula is C9H9Br2NO2.